The highest BCUT2D eigenvalue weighted by molar-refractivity contribution is 7.87. The Hall–Kier alpha value is -1.27. The Balaban J connectivity index is 3.07. The number of hydrogen-bond donors (Lipinski definition) is 3. The number of aromatic hydroxyl groups is 1. The largest absolute Gasteiger partial charge is 0.506 e. The fraction of sp³-hybridized carbons (Fsp3) is 0.250. The molecule has 0 radical (unpaired) electrons. The van der Waals surface area contributed by atoms with E-state index < -0.39 is 10.3 Å². The van der Waals surface area contributed by atoms with E-state index in [0.29, 0.717) is 6.42 Å². The molecule has 0 aliphatic heterocycles. The molecule has 0 spiro atoms. The Bertz CT molecular complexity index is 427. The molecule has 0 bridgehead atoms. The molecule has 3 N–H and O–H groups in total. The van der Waals surface area contributed by atoms with Crippen LogP contribution in [-0.2, 0) is 16.7 Å². The van der Waals surface area contributed by atoms with Gasteiger partial charge in [0.2, 0.25) is 0 Å². The molecule has 0 heterocycles. The summed E-state index contributed by atoms with van der Waals surface area (Å²) in [4.78, 5) is 0. The first-order valence-electron chi connectivity index (χ1n) is 3.99. The van der Waals surface area contributed by atoms with E-state index in [1.165, 1.54) is 12.1 Å². The molecule has 1 rings (SSSR count). The van der Waals surface area contributed by atoms with Gasteiger partial charge in [0.1, 0.15) is 5.75 Å². The van der Waals surface area contributed by atoms with Crippen LogP contribution in [-0.4, -0.2) is 18.1 Å². The summed E-state index contributed by atoms with van der Waals surface area (Å²) < 4.78 is 31.3. The SMILES string of the molecule is CCc1ccc(O)c(NS(=O)(=O)O)c1. The predicted molar refractivity (Wildman–Crippen MR) is 52.7 cm³/mol. The molecule has 0 fully saturated rings. The van der Waals surface area contributed by atoms with Crippen LogP contribution in [0.5, 0.6) is 5.75 Å². The van der Waals surface area contributed by atoms with Crippen molar-refractivity contribution in [3.05, 3.63) is 23.8 Å². The van der Waals surface area contributed by atoms with Gasteiger partial charge in [-0.3, -0.25) is 9.27 Å². The van der Waals surface area contributed by atoms with Crippen LogP contribution < -0.4 is 4.72 Å². The Labute approximate surface area is 82.3 Å². The van der Waals surface area contributed by atoms with Crippen molar-refractivity contribution in [3.63, 3.8) is 0 Å². The summed E-state index contributed by atoms with van der Waals surface area (Å²) >= 11 is 0. The Morgan fingerprint density at radius 3 is 2.57 bits per heavy atom. The van der Waals surface area contributed by atoms with Crippen molar-refractivity contribution in [3.8, 4) is 5.75 Å². The normalized spacial score (nSPS) is 11.3. The number of phenols is 1. The number of anilines is 1. The zero-order chi connectivity index (χ0) is 10.8. The monoisotopic (exact) mass is 217 g/mol. The van der Waals surface area contributed by atoms with E-state index in [-0.39, 0.29) is 11.4 Å². The van der Waals surface area contributed by atoms with Gasteiger partial charge < -0.3 is 5.11 Å². The van der Waals surface area contributed by atoms with E-state index >= 15 is 0 Å². The van der Waals surface area contributed by atoms with Crippen LogP contribution in [0.2, 0.25) is 0 Å². The van der Waals surface area contributed by atoms with Crippen LogP contribution in [0.15, 0.2) is 18.2 Å². The van der Waals surface area contributed by atoms with Crippen molar-refractivity contribution < 1.29 is 18.1 Å². The Morgan fingerprint density at radius 1 is 1.43 bits per heavy atom. The van der Waals surface area contributed by atoms with Crippen LogP contribution in [0.1, 0.15) is 12.5 Å². The average Bonchev–Trinajstić information content (AvgIpc) is 2.06. The van der Waals surface area contributed by atoms with Gasteiger partial charge in [0.05, 0.1) is 5.69 Å². The lowest BCUT2D eigenvalue weighted by atomic mass is 10.1. The van der Waals surface area contributed by atoms with Crippen molar-refractivity contribution in [2.24, 2.45) is 0 Å². The minimum Gasteiger partial charge on any atom is -0.506 e. The van der Waals surface area contributed by atoms with Gasteiger partial charge >= 0.3 is 10.3 Å². The molecule has 0 saturated heterocycles. The summed E-state index contributed by atoms with van der Waals surface area (Å²) in [5.41, 5.74) is 0.834. The van der Waals surface area contributed by atoms with E-state index in [4.69, 9.17) is 4.55 Å². The van der Waals surface area contributed by atoms with Gasteiger partial charge in [-0.05, 0) is 24.1 Å². The molecule has 0 atom stereocenters. The number of phenolic OH excluding ortho intramolecular Hbond substituents is 1. The fourth-order valence-corrected chi connectivity index (χ4v) is 1.47. The number of benzene rings is 1. The molecule has 0 aliphatic rings. The second-order valence-electron chi connectivity index (χ2n) is 2.78. The van der Waals surface area contributed by atoms with Gasteiger partial charge in [0, 0.05) is 0 Å². The highest BCUT2D eigenvalue weighted by Gasteiger charge is 2.08. The highest BCUT2D eigenvalue weighted by atomic mass is 32.2. The lowest BCUT2D eigenvalue weighted by Gasteiger charge is -2.06. The number of nitrogens with one attached hydrogen (secondary N) is 1. The van der Waals surface area contributed by atoms with Crippen molar-refractivity contribution in [1.82, 2.24) is 0 Å². The molecule has 6 heteroatoms. The van der Waals surface area contributed by atoms with Crippen LogP contribution in [0.4, 0.5) is 5.69 Å². The Kier molecular flexibility index (Phi) is 2.97. The second kappa shape index (κ2) is 3.85. The first kappa shape index (κ1) is 10.8. The maximum atomic E-state index is 10.5. The molecular formula is C8H11NO4S. The van der Waals surface area contributed by atoms with Crippen LogP contribution in [0.25, 0.3) is 0 Å². The molecule has 1 aromatic rings. The van der Waals surface area contributed by atoms with Gasteiger partial charge in [-0.25, -0.2) is 0 Å². The molecule has 0 saturated carbocycles. The number of rotatable bonds is 3. The third-order valence-electron chi connectivity index (χ3n) is 1.71. The average molecular weight is 217 g/mol. The number of hydrogen-bond acceptors (Lipinski definition) is 3. The van der Waals surface area contributed by atoms with Crippen molar-refractivity contribution in [2.45, 2.75) is 13.3 Å². The summed E-state index contributed by atoms with van der Waals surface area (Å²) in [6.07, 6.45) is 0.709. The number of aryl methyl sites for hydroxylation is 1. The molecule has 0 aliphatic carbocycles. The first-order chi connectivity index (χ1) is 6.42. The topological polar surface area (TPSA) is 86.6 Å². The third-order valence-corrected chi connectivity index (χ3v) is 2.19. The van der Waals surface area contributed by atoms with Gasteiger partial charge in [0.15, 0.2) is 0 Å². The van der Waals surface area contributed by atoms with Crippen LogP contribution in [0, 0.1) is 0 Å². The van der Waals surface area contributed by atoms with E-state index in [9.17, 15) is 13.5 Å². The zero-order valence-corrected chi connectivity index (χ0v) is 8.37. The second-order valence-corrected chi connectivity index (χ2v) is 3.94. The van der Waals surface area contributed by atoms with Crippen LogP contribution >= 0.6 is 0 Å². The predicted octanol–water partition coefficient (Wildman–Crippen LogP) is 1.17. The van der Waals surface area contributed by atoms with Gasteiger partial charge in [0.25, 0.3) is 0 Å². The van der Waals surface area contributed by atoms with Gasteiger partial charge in [-0.1, -0.05) is 13.0 Å². The first-order valence-corrected chi connectivity index (χ1v) is 5.43. The zero-order valence-electron chi connectivity index (χ0n) is 7.56. The highest BCUT2D eigenvalue weighted by Crippen LogP contribution is 2.24. The molecule has 78 valence electrons. The van der Waals surface area contributed by atoms with Crippen molar-refractivity contribution in [2.75, 3.05) is 4.72 Å². The minimum absolute atomic E-state index is 0.0214. The third kappa shape index (κ3) is 2.90. The van der Waals surface area contributed by atoms with E-state index in [2.05, 4.69) is 0 Å². The van der Waals surface area contributed by atoms with E-state index in [1.807, 2.05) is 6.92 Å². The molecular weight excluding hydrogens is 206 g/mol. The van der Waals surface area contributed by atoms with Crippen LogP contribution in [0.3, 0.4) is 0 Å². The molecule has 14 heavy (non-hydrogen) atoms. The molecule has 1 aromatic carbocycles. The van der Waals surface area contributed by atoms with Gasteiger partial charge in [-0.2, -0.15) is 8.42 Å². The van der Waals surface area contributed by atoms with Crippen molar-refractivity contribution >= 4 is 16.0 Å². The quantitative estimate of drug-likeness (QED) is 0.524. The summed E-state index contributed by atoms with van der Waals surface area (Å²) in [5, 5.41) is 9.26. The molecule has 0 amide bonds. The molecule has 0 aromatic heterocycles. The summed E-state index contributed by atoms with van der Waals surface area (Å²) in [6.45, 7) is 1.89. The lowest BCUT2D eigenvalue weighted by molar-refractivity contribution is 0.473. The molecule has 0 unspecified atom stereocenters. The minimum atomic E-state index is -4.33. The van der Waals surface area contributed by atoms with E-state index in [1.54, 1.807) is 10.8 Å². The summed E-state index contributed by atoms with van der Waals surface area (Å²) in [5.74, 6) is -0.222. The van der Waals surface area contributed by atoms with Gasteiger partial charge in [-0.15, -0.1) is 0 Å². The maximum Gasteiger partial charge on any atom is 0.357 e. The lowest BCUT2D eigenvalue weighted by Crippen LogP contribution is -2.10. The fourth-order valence-electron chi connectivity index (χ4n) is 1.02. The maximum absolute atomic E-state index is 10.5. The smallest absolute Gasteiger partial charge is 0.357 e. The standard InChI is InChI=1S/C8H11NO4S/c1-2-6-3-4-8(10)7(5-6)9-14(11,12)13/h3-5,9-10H,2H2,1H3,(H,11,12,13). The van der Waals surface area contributed by atoms with Crippen molar-refractivity contribution in [1.29, 1.82) is 0 Å². The van der Waals surface area contributed by atoms with E-state index in [0.717, 1.165) is 5.56 Å². The Morgan fingerprint density at radius 2 is 2.07 bits per heavy atom. The molecule has 5 nitrogen and oxygen atoms in total. The summed E-state index contributed by atoms with van der Waals surface area (Å²) in [7, 11) is -4.33. The summed E-state index contributed by atoms with van der Waals surface area (Å²) in [6, 6.07) is 4.50.